The molecule has 1 aromatic rings. The fourth-order valence-electron chi connectivity index (χ4n) is 1.26. The number of hydrogen-bond acceptors (Lipinski definition) is 2. The Morgan fingerprint density at radius 1 is 1.44 bits per heavy atom. The predicted octanol–water partition coefficient (Wildman–Crippen LogP) is 4.25. The summed E-state index contributed by atoms with van der Waals surface area (Å²) < 4.78 is 6.47. The molecule has 0 aliphatic rings. The molecule has 1 rings (SSSR count). The fourth-order valence-corrected chi connectivity index (χ4v) is 2.02. The number of nitrogens with one attached hydrogen (secondary N) is 1. The molecule has 2 nitrogen and oxygen atoms in total. The van der Waals surface area contributed by atoms with E-state index in [1.807, 2.05) is 32.9 Å². The standard InChI is InChI=1S/C12H17BrClNO/c1-8(2)16-5-4-15-12-7-11(14)9(3)6-10(12)13/h6-8,15H,4-5H2,1-3H3. The van der Waals surface area contributed by atoms with Crippen molar-refractivity contribution < 1.29 is 4.74 Å². The van der Waals surface area contributed by atoms with Crippen LogP contribution in [0.3, 0.4) is 0 Å². The Hall–Kier alpha value is -0.250. The van der Waals surface area contributed by atoms with E-state index in [0.29, 0.717) is 6.61 Å². The lowest BCUT2D eigenvalue weighted by Gasteiger charge is -2.12. The van der Waals surface area contributed by atoms with Gasteiger partial charge < -0.3 is 10.1 Å². The first kappa shape index (κ1) is 13.8. The number of aryl methyl sites for hydroxylation is 1. The second kappa shape index (κ2) is 6.48. The maximum Gasteiger partial charge on any atom is 0.0642 e. The molecule has 4 heteroatoms. The van der Waals surface area contributed by atoms with E-state index in [4.69, 9.17) is 16.3 Å². The highest BCUT2D eigenvalue weighted by Crippen LogP contribution is 2.28. The highest BCUT2D eigenvalue weighted by Gasteiger charge is 2.03. The molecule has 0 saturated heterocycles. The first-order valence-corrected chi connectivity index (χ1v) is 6.49. The van der Waals surface area contributed by atoms with Crippen LogP contribution in [0.4, 0.5) is 5.69 Å². The zero-order valence-corrected chi connectivity index (χ0v) is 12.2. The van der Waals surface area contributed by atoms with E-state index in [9.17, 15) is 0 Å². The Morgan fingerprint density at radius 2 is 2.12 bits per heavy atom. The quantitative estimate of drug-likeness (QED) is 0.821. The molecule has 0 unspecified atom stereocenters. The SMILES string of the molecule is Cc1cc(Br)c(NCCOC(C)C)cc1Cl. The van der Waals surface area contributed by atoms with E-state index in [-0.39, 0.29) is 6.10 Å². The van der Waals surface area contributed by atoms with Gasteiger partial charge in [0.2, 0.25) is 0 Å². The third-order valence-electron chi connectivity index (χ3n) is 2.12. The topological polar surface area (TPSA) is 21.3 Å². The summed E-state index contributed by atoms with van der Waals surface area (Å²) in [5.41, 5.74) is 2.07. The lowest BCUT2D eigenvalue weighted by Crippen LogP contribution is -2.13. The minimum atomic E-state index is 0.270. The molecule has 1 N–H and O–H groups in total. The maximum absolute atomic E-state index is 6.06. The van der Waals surface area contributed by atoms with E-state index < -0.39 is 0 Å². The van der Waals surface area contributed by atoms with Crippen LogP contribution in [-0.4, -0.2) is 19.3 Å². The van der Waals surface area contributed by atoms with Crippen LogP contribution in [0.15, 0.2) is 16.6 Å². The van der Waals surface area contributed by atoms with Gasteiger partial charge in [-0.1, -0.05) is 11.6 Å². The van der Waals surface area contributed by atoms with Crippen LogP contribution in [0.5, 0.6) is 0 Å². The normalized spacial score (nSPS) is 10.9. The van der Waals surface area contributed by atoms with Gasteiger partial charge in [0.25, 0.3) is 0 Å². The van der Waals surface area contributed by atoms with Gasteiger partial charge in [0, 0.05) is 16.0 Å². The van der Waals surface area contributed by atoms with Gasteiger partial charge in [-0.25, -0.2) is 0 Å². The Morgan fingerprint density at radius 3 is 2.75 bits per heavy atom. The van der Waals surface area contributed by atoms with Crippen molar-refractivity contribution in [2.45, 2.75) is 26.9 Å². The van der Waals surface area contributed by atoms with Crippen molar-refractivity contribution in [2.24, 2.45) is 0 Å². The summed E-state index contributed by atoms with van der Waals surface area (Å²) in [5.74, 6) is 0. The van der Waals surface area contributed by atoms with Crippen molar-refractivity contribution in [2.75, 3.05) is 18.5 Å². The molecule has 0 fully saturated rings. The van der Waals surface area contributed by atoms with Crippen LogP contribution in [0, 0.1) is 6.92 Å². The van der Waals surface area contributed by atoms with Gasteiger partial charge in [0.15, 0.2) is 0 Å². The van der Waals surface area contributed by atoms with Crippen molar-refractivity contribution in [3.8, 4) is 0 Å². The van der Waals surface area contributed by atoms with Gasteiger partial charge >= 0.3 is 0 Å². The molecule has 0 spiro atoms. The summed E-state index contributed by atoms with van der Waals surface area (Å²) in [5, 5.41) is 4.05. The summed E-state index contributed by atoms with van der Waals surface area (Å²) in [6.07, 6.45) is 0.270. The predicted molar refractivity (Wildman–Crippen MR) is 73.5 cm³/mol. The van der Waals surface area contributed by atoms with Gasteiger partial charge in [0.05, 0.1) is 18.4 Å². The van der Waals surface area contributed by atoms with Gasteiger partial charge in [-0.05, 0) is 54.4 Å². The highest BCUT2D eigenvalue weighted by atomic mass is 79.9. The largest absolute Gasteiger partial charge is 0.382 e. The van der Waals surface area contributed by atoms with E-state index in [1.165, 1.54) is 0 Å². The smallest absolute Gasteiger partial charge is 0.0642 e. The molecule has 0 amide bonds. The lowest BCUT2D eigenvalue weighted by atomic mass is 10.2. The molecule has 0 aromatic heterocycles. The van der Waals surface area contributed by atoms with Crippen molar-refractivity contribution in [3.63, 3.8) is 0 Å². The zero-order chi connectivity index (χ0) is 12.1. The van der Waals surface area contributed by atoms with E-state index in [1.54, 1.807) is 0 Å². The fraction of sp³-hybridized carbons (Fsp3) is 0.500. The third kappa shape index (κ3) is 4.32. The van der Waals surface area contributed by atoms with Crippen LogP contribution in [0.1, 0.15) is 19.4 Å². The van der Waals surface area contributed by atoms with Crippen molar-refractivity contribution in [1.82, 2.24) is 0 Å². The Bertz CT molecular complexity index is 355. The Kier molecular flexibility index (Phi) is 5.59. The van der Waals surface area contributed by atoms with E-state index in [2.05, 4.69) is 21.2 Å². The number of rotatable bonds is 5. The summed E-state index contributed by atoms with van der Waals surface area (Å²) >= 11 is 9.56. The van der Waals surface area contributed by atoms with E-state index in [0.717, 1.165) is 27.3 Å². The average Bonchev–Trinajstić information content (AvgIpc) is 2.19. The highest BCUT2D eigenvalue weighted by molar-refractivity contribution is 9.10. The number of halogens is 2. The third-order valence-corrected chi connectivity index (χ3v) is 3.18. The summed E-state index contributed by atoms with van der Waals surface area (Å²) in [7, 11) is 0. The number of anilines is 1. The first-order chi connectivity index (χ1) is 7.50. The second-order valence-corrected chi connectivity index (χ2v) is 5.19. The van der Waals surface area contributed by atoms with Crippen LogP contribution >= 0.6 is 27.5 Å². The zero-order valence-electron chi connectivity index (χ0n) is 9.81. The average molecular weight is 307 g/mol. The summed E-state index contributed by atoms with van der Waals surface area (Å²) in [4.78, 5) is 0. The molecule has 16 heavy (non-hydrogen) atoms. The molecular formula is C12H17BrClNO. The maximum atomic E-state index is 6.06. The molecule has 90 valence electrons. The summed E-state index contributed by atoms with van der Waals surface area (Å²) in [6, 6.07) is 3.93. The molecule has 0 aliphatic carbocycles. The molecule has 0 atom stereocenters. The van der Waals surface area contributed by atoms with Crippen LogP contribution in [-0.2, 0) is 4.74 Å². The van der Waals surface area contributed by atoms with E-state index >= 15 is 0 Å². The molecule has 0 bridgehead atoms. The number of hydrogen-bond donors (Lipinski definition) is 1. The molecule has 1 aromatic carbocycles. The van der Waals surface area contributed by atoms with Gasteiger partial charge in [-0.15, -0.1) is 0 Å². The van der Waals surface area contributed by atoms with Crippen molar-refractivity contribution in [3.05, 3.63) is 27.2 Å². The Balaban J connectivity index is 2.51. The lowest BCUT2D eigenvalue weighted by molar-refractivity contribution is 0.0870. The Labute approximate surface area is 110 Å². The number of benzene rings is 1. The monoisotopic (exact) mass is 305 g/mol. The van der Waals surface area contributed by atoms with Crippen LogP contribution < -0.4 is 5.32 Å². The van der Waals surface area contributed by atoms with Crippen molar-refractivity contribution >= 4 is 33.2 Å². The second-order valence-electron chi connectivity index (χ2n) is 3.93. The van der Waals surface area contributed by atoms with Gasteiger partial charge in [-0.2, -0.15) is 0 Å². The van der Waals surface area contributed by atoms with Gasteiger partial charge in [-0.3, -0.25) is 0 Å². The van der Waals surface area contributed by atoms with Crippen molar-refractivity contribution in [1.29, 1.82) is 0 Å². The molecule has 0 heterocycles. The minimum Gasteiger partial charge on any atom is -0.382 e. The number of ether oxygens (including phenoxy) is 1. The van der Waals surface area contributed by atoms with Crippen LogP contribution in [0.2, 0.25) is 5.02 Å². The molecule has 0 aliphatic heterocycles. The molecular weight excluding hydrogens is 289 g/mol. The summed E-state index contributed by atoms with van der Waals surface area (Å²) in [6.45, 7) is 7.50. The molecule has 0 saturated carbocycles. The molecule has 0 radical (unpaired) electrons. The van der Waals surface area contributed by atoms with Gasteiger partial charge in [0.1, 0.15) is 0 Å². The van der Waals surface area contributed by atoms with Crippen LogP contribution in [0.25, 0.3) is 0 Å². The minimum absolute atomic E-state index is 0.270. The first-order valence-electron chi connectivity index (χ1n) is 5.32.